The number of benzene rings is 1. The summed E-state index contributed by atoms with van der Waals surface area (Å²) in [6.07, 6.45) is 4.52. The van der Waals surface area contributed by atoms with Crippen molar-refractivity contribution < 1.29 is 4.79 Å². The number of halogens is 1. The van der Waals surface area contributed by atoms with Crippen molar-refractivity contribution in [1.82, 2.24) is 9.88 Å². The number of pyridine rings is 1. The number of carbonyl (C=O) groups excluding carboxylic acids is 1. The Bertz CT molecular complexity index is 554. The minimum absolute atomic E-state index is 0.165. The van der Waals surface area contributed by atoms with Gasteiger partial charge in [0, 0.05) is 28.1 Å². The molecule has 2 aromatic rings. The van der Waals surface area contributed by atoms with E-state index in [2.05, 4.69) is 32.5 Å². The summed E-state index contributed by atoms with van der Waals surface area (Å²) in [4.78, 5) is 18.2. The number of hydrogen-bond donors (Lipinski definition) is 0. The number of rotatable bonds is 6. The Labute approximate surface area is 133 Å². The molecule has 1 aromatic carbocycles. The number of hydrogen-bond acceptors (Lipinski definition) is 3. The molecule has 20 heavy (non-hydrogen) atoms. The molecule has 0 aliphatic rings. The maximum atomic E-state index is 12.1. The van der Waals surface area contributed by atoms with Crippen LogP contribution in [0.25, 0.3) is 0 Å². The second-order valence-electron chi connectivity index (χ2n) is 4.77. The quantitative estimate of drug-likeness (QED) is 0.571. The first kappa shape index (κ1) is 15.1. The lowest BCUT2D eigenvalue weighted by atomic mass is 10.1. The van der Waals surface area contributed by atoms with E-state index in [0.29, 0.717) is 6.54 Å². The van der Waals surface area contributed by atoms with Crippen molar-refractivity contribution in [3.05, 3.63) is 63.5 Å². The topological polar surface area (TPSA) is 33.2 Å². The highest BCUT2D eigenvalue weighted by atomic mass is 127. The molecule has 0 spiro atoms. The molecular weight excluding hydrogens is 363 g/mol. The summed E-state index contributed by atoms with van der Waals surface area (Å²) in [5, 5.41) is 0. The largest absolute Gasteiger partial charge is 0.299 e. The first-order chi connectivity index (χ1) is 9.65. The first-order valence-electron chi connectivity index (χ1n) is 6.51. The zero-order chi connectivity index (χ0) is 14.4. The average Bonchev–Trinajstić information content (AvgIpc) is 2.47. The van der Waals surface area contributed by atoms with Gasteiger partial charge >= 0.3 is 0 Å². The number of aromatic nitrogens is 1. The molecule has 1 aromatic heterocycles. The van der Waals surface area contributed by atoms with E-state index in [1.165, 1.54) is 5.56 Å². The first-order valence-corrected chi connectivity index (χ1v) is 7.59. The highest BCUT2D eigenvalue weighted by molar-refractivity contribution is 14.1. The molecule has 0 saturated heterocycles. The fourth-order valence-corrected chi connectivity index (χ4v) is 2.28. The van der Waals surface area contributed by atoms with Crippen molar-refractivity contribution in [3.8, 4) is 0 Å². The summed E-state index contributed by atoms with van der Waals surface area (Å²) in [7, 11) is 1.98. The molecule has 2 rings (SSSR count). The average molecular weight is 380 g/mol. The second-order valence-corrected chi connectivity index (χ2v) is 6.02. The third-order valence-corrected chi connectivity index (χ3v) is 3.83. The molecule has 0 atom stereocenters. The van der Waals surface area contributed by atoms with E-state index in [0.717, 1.165) is 22.1 Å². The number of nitrogens with zero attached hydrogens (tertiary/aromatic N) is 2. The van der Waals surface area contributed by atoms with Crippen molar-refractivity contribution in [2.24, 2.45) is 0 Å². The summed E-state index contributed by atoms with van der Waals surface area (Å²) in [5.41, 5.74) is 2.02. The molecule has 3 nitrogen and oxygen atoms in total. The fourth-order valence-electron chi connectivity index (χ4n) is 1.92. The molecule has 0 aliphatic heterocycles. The zero-order valence-electron chi connectivity index (χ0n) is 11.4. The maximum Gasteiger partial charge on any atom is 0.176 e. The van der Waals surface area contributed by atoms with Crippen LogP contribution in [0.5, 0.6) is 0 Å². The van der Waals surface area contributed by atoms with Gasteiger partial charge in [0.15, 0.2) is 5.78 Å². The van der Waals surface area contributed by atoms with Crippen LogP contribution in [-0.4, -0.2) is 35.8 Å². The lowest BCUT2D eigenvalue weighted by molar-refractivity contribution is 0.0947. The van der Waals surface area contributed by atoms with E-state index in [9.17, 15) is 4.79 Å². The van der Waals surface area contributed by atoms with Crippen molar-refractivity contribution in [2.75, 3.05) is 20.1 Å². The van der Waals surface area contributed by atoms with E-state index < -0.39 is 0 Å². The minimum Gasteiger partial charge on any atom is -0.299 e. The van der Waals surface area contributed by atoms with Gasteiger partial charge in [-0.05, 0) is 65.9 Å². The van der Waals surface area contributed by atoms with Gasteiger partial charge in [0.1, 0.15) is 0 Å². The second kappa shape index (κ2) is 7.50. The third kappa shape index (κ3) is 4.68. The Hall–Kier alpha value is -1.27. The molecule has 1 heterocycles. The number of Topliss-reactive ketones (excluding diaryl/α,β-unsaturated/α-hetero) is 1. The number of carbonyl (C=O) groups is 1. The van der Waals surface area contributed by atoms with Crippen molar-refractivity contribution in [1.29, 1.82) is 0 Å². The maximum absolute atomic E-state index is 12.1. The molecule has 0 unspecified atom stereocenters. The highest BCUT2D eigenvalue weighted by Crippen LogP contribution is 2.08. The summed E-state index contributed by atoms with van der Waals surface area (Å²) < 4.78 is 1.14. The van der Waals surface area contributed by atoms with E-state index in [4.69, 9.17) is 0 Å². The van der Waals surface area contributed by atoms with Crippen LogP contribution in [0, 0.1) is 3.57 Å². The van der Waals surface area contributed by atoms with Crippen LogP contribution in [0.4, 0.5) is 0 Å². The van der Waals surface area contributed by atoms with Crippen LogP contribution in [0.1, 0.15) is 15.9 Å². The van der Waals surface area contributed by atoms with Crippen LogP contribution in [0.15, 0.2) is 48.8 Å². The lowest BCUT2D eigenvalue weighted by Gasteiger charge is -2.15. The van der Waals surface area contributed by atoms with Gasteiger partial charge in [0.05, 0.1) is 6.54 Å². The van der Waals surface area contributed by atoms with Crippen molar-refractivity contribution in [2.45, 2.75) is 6.42 Å². The van der Waals surface area contributed by atoms with Crippen molar-refractivity contribution in [3.63, 3.8) is 0 Å². The molecule has 0 amide bonds. The van der Waals surface area contributed by atoms with Gasteiger partial charge in [-0.2, -0.15) is 0 Å². The predicted molar refractivity (Wildman–Crippen MR) is 88.9 cm³/mol. The molecule has 104 valence electrons. The summed E-state index contributed by atoms with van der Waals surface area (Å²) in [6.45, 7) is 1.31. The molecule has 0 radical (unpaired) electrons. The number of likely N-dealkylation sites (N-methyl/N-ethyl adjacent to an activating group) is 1. The molecule has 4 heteroatoms. The lowest BCUT2D eigenvalue weighted by Crippen LogP contribution is -2.28. The minimum atomic E-state index is 0.165. The molecule has 0 N–H and O–H groups in total. The van der Waals surface area contributed by atoms with Gasteiger partial charge in [0.25, 0.3) is 0 Å². The fraction of sp³-hybridized carbons (Fsp3) is 0.250. The van der Waals surface area contributed by atoms with Crippen LogP contribution in [0.2, 0.25) is 0 Å². The smallest absolute Gasteiger partial charge is 0.176 e. The molecule has 0 saturated carbocycles. The monoisotopic (exact) mass is 380 g/mol. The Morgan fingerprint density at radius 2 is 1.80 bits per heavy atom. The molecule has 0 fully saturated rings. The summed E-state index contributed by atoms with van der Waals surface area (Å²) in [6, 6.07) is 11.7. The van der Waals surface area contributed by atoms with E-state index in [1.807, 2.05) is 43.4 Å². The van der Waals surface area contributed by atoms with E-state index >= 15 is 0 Å². The normalized spacial score (nSPS) is 10.8. The zero-order valence-corrected chi connectivity index (χ0v) is 13.6. The van der Waals surface area contributed by atoms with Crippen LogP contribution >= 0.6 is 22.6 Å². The highest BCUT2D eigenvalue weighted by Gasteiger charge is 2.09. The van der Waals surface area contributed by atoms with E-state index in [-0.39, 0.29) is 5.78 Å². The van der Waals surface area contributed by atoms with Crippen LogP contribution in [0.3, 0.4) is 0 Å². The predicted octanol–water partition coefficient (Wildman–Crippen LogP) is 3.04. The van der Waals surface area contributed by atoms with Gasteiger partial charge in [0.2, 0.25) is 0 Å². The Morgan fingerprint density at radius 3 is 2.45 bits per heavy atom. The summed E-state index contributed by atoms with van der Waals surface area (Å²) >= 11 is 2.24. The molecule has 0 aliphatic carbocycles. The van der Waals surface area contributed by atoms with Gasteiger partial charge in [-0.1, -0.05) is 12.1 Å². The van der Waals surface area contributed by atoms with Gasteiger partial charge < -0.3 is 0 Å². The third-order valence-electron chi connectivity index (χ3n) is 3.11. The van der Waals surface area contributed by atoms with Crippen LogP contribution in [-0.2, 0) is 6.42 Å². The molecule has 0 bridgehead atoms. The Kier molecular flexibility index (Phi) is 5.67. The standard InChI is InChI=1S/C16H17IN2O/c1-19(11-8-13-6-9-18-10-7-13)12-16(20)14-2-4-15(17)5-3-14/h2-7,9-10H,8,11-12H2,1H3. The van der Waals surface area contributed by atoms with Gasteiger partial charge in [-0.3, -0.25) is 14.7 Å². The van der Waals surface area contributed by atoms with E-state index in [1.54, 1.807) is 12.4 Å². The SMILES string of the molecule is CN(CCc1ccncc1)CC(=O)c1ccc(I)cc1. The Morgan fingerprint density at radius 1 is 1.15 bits per heavy atom. The molecular formula is C16H17IN2O. The Balaban J connectivity index is 1.83. The van der Waals surface area contributed by atoms with Crippen LogP contribution < -0.4 is 0 Å². The van der Waals surface area contributed by atoms with Gasteiger partial charge in [-0.25, -0.2) is 0 Å². The number of ketones is 1. The van der Waals surface area contributed by atoms with Crippen molar-refractivity contribution >= 4 is 28.4 Å². The summed E-state index contributed by atoms with van der Waals surface area (Å²) in [5.74, 6) is 0.165. The van der Waals surface area contributed by atoms with Gasteiger partial charge in [-0.15, -0.1) is 0 Å².